The summed E-state index contributed by atoms with van der Waals surface area (Å²) >= 11 is 0. The number of hydrogen-bond donors (Lipinski definition) is 1. The Kier molecular flexibility index (Phi) is 3.60. The normalized spacial score (nSPS) is 17.4. The maximum Gasteiger partial charge on any atom is 0.249 e. The molecular formula is C17H16FN5O. The lowest BCUT2D eigenvalue weighted by atomic mass is 10.1. The summed E-state index contributed by atoms with van der Waals surface area (Å²) in [6.07, 6.45) is 2.45. The summed E-state index contributed by atoms with van der Waals surface area (Å²) in [7, 11) is 0. The number of benzene rings is 1. The van der Waals surface area contributed by atoms with Crippen molar-refractivity contribution < 1.29 is 9.18 Å². The van der Waals surface area contributed by atoms with E-state index in [4.69, 9.17) is 0 Å². The Morgan fingerprint density at radius 3 is 2.88 bits per heavy atom. The molecule has 0 radical (unpaired) electrons. The first kappa shape index (κ1) is 14.6. The van der Waals surface area contributed by atoms with Crippen molar-refractivity contribution in [3.05, 3.63) is 54.5 Å². The monoisotopic (exact) mass is 325 g/mol. The number of fused-ring (bicyclic) bond motifs is 1. The minimum Gasteiger partial charge on any atom is -0.368 e. The van der Waals surface area contributed by atoms with Gasteiger partial charge in [0, 0.05) is 19.3 Å². The minimum absolute atomic E-state index is 0.134. The van der Waals surface area contributed by atoms with Gasteiger partial charge in [-0.2, -0.15) is 4.98 Å². The molecule has 0 spiro atoms. The summed E-state index contributed by atoms with van der Waals surface area (Å²) < 4.78 is 15.5. The van der Waals surface area contributed by atoms with Crippen LogP contribution in [-0.2, 0) is 4.79 Å². The van der Waals surface area contributed by atoms with E-state index in [-0.39, 0.29) is 23.6 Å². The molecule has 4 rings (SSSR count). The van der Waals surface area contributed by atoms with Gasteiger partial charge >= 0.3 is 0 Å². The summed E-state index contributed by atoms with van der Waals surface area (Å²) in [6, 6.07) is 12.1. The fraction of sp³-hybridized carbons (Fsp3) is 0.235. The molecule has 0 bridgehead atoms. The van der Waals surface area contributed by atoms with Gasteiger partial charge in [0.15, 0.2) is 5.65 Å². The molecule has 1 saturated heterocycles. The quantitative estimate of drug-likeness (QED) is 0.803. The van der Waals surface area contributed by atoms with Crippen molar-refractivity contribution in [1.29, 1.82) is 0 Å². The van der Waals surface area contributed by atoms with Crippen molar-refractivity contribution in [2.75, 3.05) is 23.3 Å². The molecule has 0 saturated carbocycles. The molecule has 1 N–H and O–H groups in total. The van der Waals surface area contributed by atoms with Gasteiger partial charge < -0.3 is 4.90 Å². The molecule has 3 heterocycles. The van der Waals surface area contributed by atoms with Crippen LogP contribution < -0.4 is 10.2 Å². The number of nitrogens with one attached hydrogen (secondary N) is 1. The Hall–Kier alpha value is -2.96. The summed E-state index contributed by atoms with van der Waals surface area (Å²) in [4.78, 5) is 18.6. The van der Waals surface area contributed by atoms with E-state index in [2.05, 4.69) is 15.4 Å². The van der Waals surface area contributed by atoms with Gasteiger partial charge in [-0.1, -0.05) is 18.2 Å². The molecule has 1 fully saturated rings. The summed E-state index contributed by atoms with van der Waals surface area (Å²) in [5.74, 6) is -0.322. The van der Waals surface area contributed by atoms with Crippen LogP contribution in [0.25, 0.3) is 5.65 Å². The molecule has 1 aromatic carbocycles. The third-order valence-electron chi connectivity index (χ3n) is 4.23. The smallest absolute Gasteiger partial charge is 0.249 e. The molecule has 7 heteroatoms. The first-order chi connectivity index (χ1) is 11.7. The zero-order valence-corrected chi connectivity index (χ0v) is 12.9. The van der Waals surface area contributed by atoms with E-state index in [1.165, 1.54) is 6.07 Å². The van der Waals surface area contributed by atoms with E-state index in [1.54, 1.807) is 28.9 Å². The van der Waals surface area contributed by atoms with Gasteiger partial charge in [-0.15, -0.1) is 5.10 Å². The van der Waals surface area contributed by atoms with E-state index in [0.29, 0.717) is 30.8 Å². The van der Waals surface area contributed by atoms with Gasteiger partial charge in [-0.3, -0.25) is 10.1 Å². The van der Waals surface area contributed by atoms with Gasteiger partial charge in [-0.25, -0.2) is 8.91 Å². The summed E-state index contributed by atoms with van der Waals surface area (Å²) in [5, 5.41) is 6.97. The van der Waals surface area contributed by atoms with Crippen molar-refractivity contribution in [1.82, 2.24) is 14.6 Å². The molecule has 6 nitrogen and oxygen atoms in total. The van der Waals surface area contributed by atoms with Crippen LogP contribution in [0.1, 0.15) is 6.42 Å². The Labute approximate surface area is 137 Å². The Morgan fingerprint density at radius 1 is 1.21 bits per heavy atom. The molecule has 1 unspecified atom stereocenters. The number of para-hydroxylation sites is 1. The number of pyridine rings is 1. The average Bonchev–Trinajstić information content (AvgIpc) is 3.21. The second-order valence-electron chi connectivity index (χ2n) is 5.81. The van der Waals surface area contributed by atoms with Crippen LogP contribution in [0, 0.1) is 11.7 Å². The van der Waals surface area contributed by atoms with Gasteiger partial charge in [0.05, 0.1) is 11.6 Å². The second kappa shape index (κ2) is 5.92. The van der Waals surface area contributed by atoms with E-state index in [9.17, 15) is 9.18 Å². The number of carbonyl (C=O) groups excluding carboxylic acids is 1. The highest BCUT2D eigenvalue weighted by molar-refractivity contribution is 5.92. The molecular weight excluding hydrogens is 309 g/mol. The summed E-state index contributed by atoms with van der Waals surface area (Å²) in [6.45, 7) is 1.14. The van der Waals surface area contributed by atoms with Gasteiger partial charge in [-0.05, 0) is 30.7 Å². The molecule has 3 aromatic rings. The fourth-order valence-corrected chi connectivity index (χ4v) is 3.00. The first-order valence-corrected chi connectivity index (χ1v) is 7.82. The van der Waals surface area contributed by atoms with Crippen molar-refractivity contribution in [3.63, 3.8) is 0 Å². The Morgan fingerprint density at radius 2 is 2.04 bits per heavy atom. The Balaban J connectivity index is 1.45. The second-order valence-corrected chi connectivity index (χ2v) is 5.81. The van der Waals surface area contributed by atoms with E-state index in [1.807, 2.05) is 23.1 Å². The predicted molar refractivity (Wildman–Crippen MR) is 88.3 cm³/mol. The highest BCUT2D eigenvalue weighted by Crippen LogP contribution is 2.26. The van der Waals surface area contributed by atoms with Crippen LogP contribution in [0.15, 0.2) is 48.7 Å². The predicted octanol–water partition coefficient (Wildman–Crippen LogP) is 2.33. The van der Waals surface area contributed by atoms with Crippen LogP contribution in [0.3, 0.4) is 0 Å². The first-order valence-electron chi connectivity index (χ1n) is 7.82. The van der Waals surface area contributed by atoms with Gasteiger partial charge in [0.2, 0.25) is 11.9 Å². The zero-order chi connectivity index (χ0) is 16.5. The van der Waals surface area contributed by atoms with Crippen molar-refractivity contribution >= 4 is 23.2 Å². The van der Waals surface area contributed by atoms with E-state index in [0.717, 1.165) is 0 Å². The highest BCUT2D eigenvalue weighted by atomic mass is 19.1. The number of aromatic nitrogens is 3. The number of nitrogens with zero attached hydrogens (tertiary/aromatic N) is 4. The van der Waals surface area contributed by atoms with E-state index >= 15 is 0 Å². The lowest BCUT2D eigenvalue weighted by Gasteiger charge is -2.18. The number of hydrogen-bond acceptors (Lipinski definition) is 4. The van der Waals surface area contributed by atoms with Crippen molar-refractivity contribution in [2.45, 2.75) is 6.42 Å². The SMILES string of the molecule is O=C(Nc1nc2ccccn2n1)C1CCN(c2ccccc2F)C1. The lowest BCUT2D eigenvalue weighted by molar-refractivity contribution is -0.119. The van der Waals surface area contributed by atoms with Crippen LogP contribution in [0.2, 0.25) is 0 Å². The van der Waals surface area contributed by atoms with E-state index < -0.39 is 0 Å². The topological polar surface area (TPSA) is 62.5 Å². The Bertz CT molecular complexity index is 860. The third kappa shape index (κ3) is 2.68. The van der Waals surface area contributed by atoms with Crippen LogP contribution in [0.5, 0.6) is 0 Å². The van der Waals surface area contributed by atoms with Gasteiger partial charge in [0.1, 0.15) is 5.82 Å². The molecule has 1 aliphatic heterocycles. The maximum atomic E-state index is 13.9. The zero-order valence-electron chi connectivity index (χ0n) is 12.9. The number of amides is 1. The number of rotatable bonds is 3. The largest absolute Gasteiger partial charge is 0.368 e. The van der Waals surface area contributed by atoms with Crippen molar-refractivity contribution in [3.8, 4) is 0 Å². The number of halogens is 1. The highest BCUT2D eigenvalue weighted by Gasteiger charge is 2.30. The third-order valence-corrected chi connectivity index (χ3v) is 4.23. The number of carbonyl (C=O) groups is 1. The lowest BCUT2D eigenvalue weighted by Crippen LogP contribution is -2.27. The molecule has 2 aromatic heterocycles. The van der Waals surface area contributed by atoms with Crippen molar-refractivity contribution in [2.24, 2.45) is 5.92 Å². The average molecular weight is 325 g/mol. The van der Waals surface area contributed by atoms with Crippen LogP contribution >= 0.6 is 0 Å². The van der Waals surface area contributed by atoms with Gasteiger partial charge in [0.25, 0.3) is 0 Å². The fourth-order valence-electron chi connectivity index (χ4n) is 3.00. The van der Waals surface area contributed by atoms with Crippen LogP contribution in [0.4, 0.5) is 16.0 Å². The minimum atomic E-state index is -0.263. The summed E-state index contributed by atoms with van der Waals surface area (Å²) in [5.41, 5.74) is 1.21. The standard InChI is InChI=1S/C17H16FN5O/c18-13-5-1-2-6-14(13)22-10-8-12(11-22)16(24)20-17-19-15-7-3-4-9-23(15)21-17/h1-7,9,12H,8,10-11H2,(H,20,21,24). The van der Waals surface area contributed by atoms with Crippen LogP contribution in [-0.4, -0.2) is 33.6 Å². The molecule has 0 aliphatic carbocycles. The maximum absolute atomic E-state index is 13.9. The molecule has 1 aliphatic rings. The molecule has 1 amide bonds. The number of anilines is 2. The molecule has 122 valence electrons. The molecule has 1 atom stereocenters. The molecule has 24 heavy (non-hydrogen) atoms.